The average Bonchev–Trinajstić information content (AvgIpc) is 2.89. The summed E-state index contributed by atoms with van der Waals surface area (Å²) in [7, 11) is -3.17. The lowest BCUT2D eigenvalue weighted by Gasteiger charge is -2.40. The van der Waals surface area contributed by atoms with Gasteiger partial charge in [-0.2, -0.15) is 0 Å². The summed E-state index contributed by atoms with van der Waals surface area (Å²) in [5, 5.41) is -0.134. The molecule has 166 valence electrons. The largest absolute Gasteiger partial charge is 0.408 e. The standard InChI is InChI=1S/C17H31N3O7SSi/c1-17(2,3)29(6,7)27-13-11(10-28(23,24)18-4)26-15(14(13)25-5)20-9-8-12(21)19-16(20)22/h8-9,11,13-15,18H,10H2,1-7H3,(H,19,21,22)/t11-,13?,14-,15-/m1/s1. The molecule has 1 unspecified atom stereocenters. The Morgan fingerprint density at radius 1 is 1.28 bits per heavy atom. The molecule has 1 saturated heterocycles. The number of hydrogen-bond acceptors (Lipinski definition) is 7. The number of aromatic amines is 1. The lowest BCUT2D eigenvalue weighted by Crippen LogP contribution is -2.51. The van der Waals surface area contributed by atoms with E-state index in [2.05, 4.69) is 30.5 Å². The Balaban J connectivity index is 2.49. The number of nitrogens with zero attached hydrogens (tertiary/aromatic N) is 1. The van der Waals surface area contributed by atoms with Gasteiger partial charge in [-0.15, -0.1) is 0 Å². The number of H-pyrrole nitrogens is 1. The number of nitrogens with one attached hydrogen (secondary N) is 2. The van der Waals surface area contributed by atoms with Crippen LogP contribution >= 0.6 is 0 Å². The maximum Gasteiger partial charge on any atom is 0.330 e. The lowest BCUT2D eigenvalue weighted by molar-refractivity contribution is -0.0507. The van der Waals surface area contributed by atoms with Crippen molar-refractivity contribution < 1.29 is 22.3 Å². The maximum absolute atomic E-state index is 12.3. The van der Waals surface area contributed by atoms with Crippen molar-refractivity contribution in [3.8, 4) is 0 Å². The van der Waals surface area contributed by atoms with Gasteiger partial charge in [0, 0.05) is 19.4 Å². The minimum atomic E-state index is -3.62. The molecule has 2 rings (SSSR count). The molecule has 0 aliphatic carbocycles. The van der Waals surface area contributed by atoms with Crippen molar-refractivity contribution in [3.63, 3.8) is 0 Å². The van der Waals surface area contributed by atoms with Gasteiger partial charge in [0.05, 0.1) is 5.75 Å². The first-order chi connectivity index (χ1) is 13.2. The van der Waals surface area contributed by atoms with Crippen molar-refractivity contribution in [3.05, 3.63) is 33.1 Å². The SMILES string of the molecule is CNS(=O)(=O)C[C@H]1O[C@@H](n2ccc(=O)[nH]c2=O)[C@H](OC)C1O[Si](C)(C)C(C)(C)C. The summed E-state index contributed by atoms with van der Waals surface area (Å²) >= 11 is 0. The van der Waals surface area contributed by atoms with E-state index in [1.165, 1.54) is 31.0 Å². The number of rotatable bonds is 7. The zero-order valence-electron chi connectivity index (χ0n) is 17.9. The number of ether oxygens (including phenoxy) is 2. The molecule has 0 aromatic carbocycles. The van der Waals surface area contributed by atoms with Crippen LogP contribution < -0.4 is 16.0 Å². The molecule has 0 radical (unpaired) electrons. The van der Waals surface area contributed by atoms with Crippen molar-refractivity contribution in [1.29, 1.82) is 0 Å². The van der Waals surface area contributed by atoms with Crippen LogP contribution in [-0.2, 0) is 23.9 Å². The van der Waals surface area contributed by atoms with E-state index >= 15 is 0 Å². The molecule has 1 fully saturated rings. The minimum absolute atomic E-state index is 0.134. The summed E-state index contributed by atoms with van der Waals surface area (Å²) < 4.78 is 46.0. The van der Waals surface area contributed by atoms with Gasteiger partial charge in [-0.3, -0.25) is 14.3 Å². The van der Waals surface area contributed by atoms with Crippen molar-refractivity contribution in [2.75, 3.05) is 19.9 Å². The molecule has 29 heavy (non-hydrogen) atoms. The fraction of sp³-hybridized carbons (Fsp3) is 0.765. The Morgan fingerprint density at radius 3 is 2.38 bits per heavy atom. The van der Waals surface area contributed by atoms with Crippen LogP contribution in [0.1, 0.15) is 27.0 Å². The van der Waals surface area contributed by atoms with Gasteiger partial charge in [0.1, 0.15) is 18.3 Å². The van der Waals surface area contributed by atoms with E-state index in [0.29, 0.717) is 0 Å². The second-order valence-electron chi connectivity index (χ2n) is 8.61. The monoisotopic (exact) mass is 449 g/mol. The Labute approximate surface area is 171 Å². The quantitative estimate of drug-likeness (QED) is 0.576. The zero-order chi connectivity index (χ0) is 22.2. The van der Waals surface area contributed by atoms with Crippen LogP contribution in [0.25, 0.3) is 0 Å². The number of aromatic nitrogens is 2. The summed E-state index contributed by atoms with van der Waals surface area (Å²) in [6.07, 6.45) is -1.97. The molecule has 2 heterocycles. The molecular formula is C17H31N3O7SSi. The molecule has 0 saturated carbocycles. The fourth-order valence-electron chi connectivity index (χ4n) is 2.90. The van der Waals surface area contributed by atoms with Crippen LogP contribution in [0.5, 0.6) is 0 Å². The van der Waals surface area contributed by atoms with Gasteiger partial charge in [0.2, 0.25) is 10.0 Å². The number of hydrogen-bond donors (Lipinski definition) is 2. The van der Waals surface area contributed by atoms with Crippen LogP contribution in [0.3, 0.4) is 0 Å². The lowest BCUT2D eigenvalue weighted by atomic mass is 10.1. The molecule has 0 spiro atoms. The molecular weight excluding hydrogens is 418 g/mol. The Morgan fingerprint density at radius 2 is 1.90 bits per heavy atom. The van der Waals surface area contributed by atoms with Gasteiger partial charge in [0.15, 0.2) is 14.5 Å². The molecule has 4 atom stereocenters. The highest BCUT2D eigenvalue weighted by Gasteiger charge is 2.52. The first kappa shape index (κ1) is 24.0. The summed E-state index contributed by atoms with van der Waals surface area (Å²) in [4.78, 5) is 25.9. The molecule has 12 heteroatoms. The van der Waals surface area contributed by atoms with E-state index in [9.17, 15) is 18.0 Å². The predicted octanol–water partition coefficient (Wildman–Crippen LogP) is 0.389. The second kappa shape index (κ2) is 8.44. The molecule has 10 nitrogen and oxygen atoms in total. The van der Waals surface area contributed by atoms with Gasteiger partial charge in [-0.25, -0.2) is 17.9 Å². The highest BCUT2D eigenvalue weighted by Crippen LogP contribution is 2.41. The van der Waals surface area contributed by atoms with E-state index in [4.69, 9.17) is 13.9 Å². The molecule has 2 N–H and O–H groups in total. The van der Waals surface area contributed by atoms with Gasteiger partial charge < -0.3 is 13.9 Å². The van der Waals surface area contributed by atoms with Gasteiger partial charge in [0.25, 0.3) is 5.56 Å². The Hall–Kier alpha value is -1.31. The highest BCUT2D eigenvalue weighted by atomic mass is 32.2. The first-order valence-electron chi connectivity index (χ1n) is 9.31. The fourth-order valence-corrected chi connectivity index (χ4v) is 5.09. The van der Waals surface area contributed by atoms with Crippen LogP contribution in [0.4, 0.5) is 0 Å². The van der Waals surface area contributed by atoms with Gasteiger partial charge in [-0.1, -0.05) is 20.8 Å². The molecule has 1 aliphatic heterocycles. The van der Waals surface area contributed by atoms with Crippen molar-refractivity contribution in [2.45, 2.75) is 63.4 Å². The Kier molecular flexibility index (Phi) is 6.97. The summed E-state index contributed by atoms with van der Waals surface area (Å²) in [5.41, 5.74) is -1.21. The maximum atomic E-state index is 12.3. The normalized spacial score (nSPS) is 26.0. The van der Waals surface area contributed by atoms with Crippen molar-refractivity contribution in [2.24, 2.45) is 0 Å². The van der Waals surface area contributed by atoms with E-state index in [1.54, 1.807) is 0 Å². The number of sulfonamides is 1. The molecule has 1 aromatic heterocycles. The summed E-state index contributed by atoms with van der Waals surface area (Å²) in [6.45, 7) is 10.3. The van der Waals surface area contributed by atoms with Crippen LogP contribution in [0, 0.1) is 0 Å². The predicted molar refractivity (Wildman–Crippen MR) is 111 cm³/mol. The third-order valence-electron chi connectivity index (χ3n) is 5.61. The third kappa shape index (κ3) is 5.24. The number of methoxy groups -OCH3 is 1. The minimum Gasteiger partial charge on any atom is -0.408 e. The zero-order valence-corrected chi connectivity index (χ0v) is 19.7. The van der Waals surface area contributed by atoms with Crippen LogP contribution in [0.2, 0.25) is 18.1 Å². The van der Waals surface area contributed by atoms with E-state index in [1.807, 2.05) is 13.1 Å². The molecule has 0 amide bonds. The van der Waals surface area contributed by atoms with E-state index < -0.39 is 54.1 Å². The van der Waals surface area contributed by atoms with E-state index in [-0.39, 0.29) is 10.8 Å². The smallest absolute Gasteiger partial charge is 0.330 e. The van der Waals surface area contributed by atoms with Crippen LogP contribution in [-0.4, -0.2) is 64.5 Å². The van der Waals surface area contributed by atoms with Crippen LogP contribution in [0.15, 0.2) is 21.9 Å². The third-order valence-corrected chi connectivity index (χ3v) is 11.5. The van der Waals surface area contributed by atoms with Gasteiger partial charge in [-0.05, 0) is 25.2 Å². The topological polar surface area (TPSA) is 129 Å². The molecule has 1 aliphatic rings. The Bertz CT molecular complexity index is 935. The first-order valence-corrected chi connectivity index (χ1v) is 13.9. The van der Waals surface area contributed by atoms with Crippen molar-refractivity contribution in [1.82, 2.24) is 14.3 Å². The summed E-state index contributed by atoms with van der Waals surface area (Å²) in [6, 6.07) is 1.19. The van der Waals surface area contributed by atoms with Crippen molar-refractivity contribution >= 4 is 18.3 Å². The highest BCUT2D eigenvalue weighted by molar-refractivity contribution is 7.89. The second-order valence-corrected chi connectivity index (χ2v) is 15.3. The average molecular weight is 450 g/mol. The summed E-state index contributed by atoms with van der Waals surface area (Å²) in [5.74, 6) is -0.350. The van der Waals surface area contributed by atoms with Gasteiger partial charge >= 0.3 is 5.69 Å². The molecule has 1 aromatic rings. The van der Waals surface area contributed by atoms with E-state index in [0.717, 1.165) is 0 Å². The molecule has 0 bridgehead atoms.